The maximum absolute atomic E-state index is 13.7. The Balaban J connectivity index is 1.25. The van der Waals surface area contributed by atoms with Crippen LogP contribution in [0.25, 0.3) is 0 Å². The summed E-state index contributed by atoms with van der Waals surface area (Å²) >= 11 is 0. The number of epoxide rings is 1. The van der Waals surface area contributed by atoms with Gasteiger partial charge in [0.1, 0.15) is 42.5 Å². The van der Waals surface area contributed by atoms with Gasteiger partial charge in [-0.1, -0.05) is 62.8 Å². The van der Waals surface area contributed by atoms with Crippen molar-refractivity contribution < 1.29 is 67.5 Å². The van der Waals surface area contributed by atoms with Crippen molar-refractivity contribution in [3.8, 4) is 0 Å². The molecule has 78 heavy (non-hydrogen) atoms. The molecule has 3 saturated heterocycles. The van der Waals surface area contributed by atoms with Crippen molar-refractivity contribution in [1.29, 1.82) is 0 Å². The summed E-state index contributed by atoms with van der Waals surface area (Å²) in [4.78, 5) is 102. The van der Waals surface area contributed by atoms with E-state index in [1.165, 1.54) is 19.1 Å². The van der Waals surface area contributed by atoms with E-state index in [1.54, 1.807) is 51.1 Å². The van der Waals surface area contributed by atoms with Crippen molar-refractivity contribution >= 4 is 53.3 Å². The molecule has 0 aromatic heterocycles. The highest BCUT2D eigenvalue weighted by Gasteiger charge is 2.58. The Bertz CT molecular complexity index is 2270. The van der Waals surface area contributed by atoms with Crippen LogP contribution >= 0.6 is 0 Å². The summed E-state index contributed by atoms with van der Waals surface area (Å²) in [5, 5.41) is 36.9. The molecule has 3 fully saturated rings. The molecule has 0 saturated carbocycles. The van der Waals surface area contributed by atoms with Gasteiger partial charge in [0, 0.05) is 31.7 Å². The predicted octanol–water partition coefficient (Wildman–Crippen LogP) is 1.79. The number of aliphatic hydroxyl groups is 2. The molecule has 3 aliphatic heterocycles. The Morgan fingerprint density at radius 2 is 1.55 bits per heavy atom. The van der Waals surface area contributed by atoms with Gasteiger partial charge in [0.05, 0.1) is 43.5 Å². The van der Waals surface area contributed by atoms with Crippen LogP contribution < -0.4 is 54.2 Å². The van der Waals surface area contributed by atoms with Gasteiger partial charge in [-0.2, -0.15) is 0 Å². The first-order valence-electron chi connectivity index (χ1n) is 26.9. The van der Waals surface area contributed by atoms with Crippen LogP contribution in [0.4, 0.5) is 15.3 Å². The summed E-state index contributed by atoms with van der Waals surface area (Å²) in [7, 11) is 0. The minimum atomic E-state index is -1.06. The largest absolute Gasteiger partial charge is 0.443 e. The number of primary amides is 1. The Kier molecular flexibility index (Phi) is 26.2. The first kappa shape index (κ1) is 64.1. The number of hydrazine groups is 1. The SMILES string of the molecule is CC(=O)N[C@@H](CCCCN)C(=O)N[C@H](C(=O)N[C@@H](CCCCNC(N)=O)C(=O)Nc1ccc(COC(=O)NNC(=O)C[C@@H]2C[C@@]3(CO3)[C@H](O)[C@@H](/C=C/C(C)=C/C[C@@H]3O[C@H](C)[C@H](NC(=O)/C=C\[C@H](C)O)C[C@@H]3C)O2)cc1)C(C)C. The smallest absolute Gasteiger partial charge is 0.426 e. The first-order valence-corrected chi connectivity index (χ1v) is 26.9. The number of unbranched alkanes of at least 4 members (excludes halogenated alkanes) is 2. The normalized spacial score (nSPS) is 24.6. The second-order valence-electron chi connectivity index (χ2n) is 20.8. The molecule has 24 nitrogen and oxygen atoms in total. The first-order chi connectivity index (χ1) is 37.0. The number of aliphatic hydroxyl groups excluding tert-OH is 2. The van der Waals surface area contributed by atoms with Gasteiger partial charge in [-0.05, 0) is 108 Å². The third-order valence-electron chi connectivity index (χ3n) is 13.6. The lowest BCUT2D eigenvalue weighted by atomic mass is 9.87. The fraction of sp³-hybridized carbons (Fsp3) is 0.630. The number of nitrogens with two attached hydrogens (primary N) is 2. The van der Waals surface area contributed by atoms with Crippen molar-refractivity contribution in [2.45, 2.75) is 186 Å². The Morgan fingerprint density at radius 3 is 2.18 bits per heavy atom. The molecule has 0 radical (unpaired) electrons. The van der Waals surface area contributed by atoms with Gasteiger partial charge in [0.2, 0.25) is 35.4 Å². The van der Waals surface area contributed by atoms with Gasteiger partial charge in [0.15, 0.2) is 0 Å². The topological polar surface area (TPSA) is 366 Å². The van der Waals surface area contributed by atoms with Crippen LogP contribution in [-0.2, 0) is 54.3 Å². The van der Waals surface area contributed by atoms with Gasteiger partial charge in [0.25, 0.3) is 0 Å². The average Bonchev–Trinajstić information content (AvgIpc) is 4.21. The van der Waals surface area contributed by atoms with Crippen LogP contribution in [0.1, 0.15) is 118 Å². The molecule has 434 valence electrons. The number of carbonyl (C=O) groups excluding carboxylic acids is 8. The van der Waals surface area contributed by atoms with Crippen LogP contribution in [0.2, 0.25) is 0 Å². The molecule has 3 aliphatic rings. The standard InChI is InChI=1S/C54H84N10O14/c1-31(2)47(62-50(71)40(58-36(7)66)12-8-10-24-55)51(72)61-41(13-9-11-25-57-52(56)73)49(70)59-38-19-17-37(18-20-38)29-75-53(74)64-63-46(68)27-39-28-54(30-76-54)48(69)44(78-39)22-15-32(3)14-21-43-33(4)26-42(35(6)77-43)60-45(67)23-16-34(5)65/h14-20,22-23,31,33-35,39-44,47-48,65,69H,8-13,21,24-30,55H2,1-7H3,(H,58,66)(H,59,70)(H,60,67)(H,61,72)(H,62,71)(H,63,68)(H,64,74)(H3,56,57,73)/b22-15+,23-16-,32-14+/t33-,34-,35+,39+,40-,41-,42+,43-,44+,47-,48+,54+/m0/s1. The second kappa shape index (κ2) is 31.8. The van der Waals surface area contributed by atoms with Gasteiger partial charge >= 0.3 is 12.1 Å². The Morgan fingerprint density at radius 1 is 0.872 bits per heavy atom. The van der Waals surface area contributed by atoms with Gasteiger partial charge < -0.3 is 72.5 Å². The molecule has 0 bridgehead atoms. The van der Waals surface area contributed by atoms with Crippen LogP contribution in [0.15, 0.2) is 60.2 Å². The summed E-state index contributed by atoms with van der Waals surface area (Å²) < 4.78 is 23.4. The van der Waals surface area contributed by atoms with Crippen LogP contribution in [-0.4, -0.2) is 144 Å². The predicted molar refractivity (Wildman–Crippen MR) is 288 cm³/mol. The number of urea groups is 1. The van der Waals surface area contributed by atoms with Crippen molar-refractivity contribution in [2.75, 3.05) is 25.0 Å². The minimum absolute atomic E-state index is 0.0796. The third-order valence-corrected chi connectivity index (χ3v) is 13.6. The lowest BCUT2D eigenvalue weighted by Crippen LogP contribution is -2.57. The molecule has 0 unspecified atom stereocenters. The lowest BCUT2D eigenvalue weighted by Gasteiger charge is -2.39. The van der Waals surface area contributed by atoms with Crippen molar-refractivity contribution in [2.24, 2.45) is 23.3 Å². The number of allylic oxidation sites excluding steroid dienone is 2. The lowest BCUT2D eigenvalue weighted by molar-refractivity contribution is -0.145. The minimum Gasteiger partial charge on any atom is -0.443 e. The monoisotopic (exact) mass is 1100 g/mol. The molecule has 3 heterocycles. The molecule has 1 aromatic rings. The van der Waals surface area contributed by atoms with E-state index < -0.39 is 95.7 Å². The number of hydrogen-bond donors (Lipinski definition) is 12. The van der Waals surface area contributed by atoms with E-state index in [-0.39, 0.29) is 62.5 Å². The molecular formula is C54H84N10O14. The van der Waals surface area contributed by atoms with Crippen molar-refractivity contribution in [3.05, 3.63) is 65.8 Å². The summed E-state index contributed by atoms with van der Waals surface area (Å²) in [6.07, 6.45) is 8.02. The molecule has 9 amide bonds. The van der Waals surface area contributed by atoms with E-state index in [1.807, 2.05) is 26.0 Å². The zero-order valence-corrected chi connectivity index (χ0v) is 46.0. The highest BCUT2D eigenvalue weighted by Crippen LogP contribution is 2.43. The quantitative estimate of drug-likeness (QED) is 0.0187. The van der Waals surface area contributed by atoms with Gasteiger partial charge in [-0.15, -0.1) is 0 Å². The zero-order valence-electron chi connectivity index (χ0n) is 46.0. The molecule has 1 spiro atoms. The van der Waals surface area contributed by atoms with Crippen molar-refractivity contribution in [1.82, 2.24) is 37.4 Å². The summed E-state index contributed by atoms with van der Waals surface area (Å²) in [5.74, 6) is -3.23. The average molecular weight is 1100 g/mol. The summed E-state index contributed by atoms with van der Waals surface area (Å²) in [6, 6.07) is 2.48. The third kappa shape index (κ3) is 22.1. The highest BCUT2D eigenvalue weighted by atomic mass is 16.6. The fourth-order valence-corrected chi connectivity index (χ4v) is 9.08. The number of amides is 9. The number of nitrogens with one attached hydrogen (secondary N) is 8. The van der Waals surface area contributed by atoms with E-state index in [2.05, 4.69) is 49.7 Å². The highest BCUT2D eigenvalue weighted by molar-refractivity contribution is 5.99. The van der Waals surface area contributed by atoms with E-state index in [0.29, 0.717) is 62.9 Å². The number of benzene rings is 1. The van der Waals surface area contributed by atoms with E-state index in [9.17, 15) is 48.6 Å². The maximum Gasteiger partial charge on any atom is 0.426 e. The Labute approximate surface area is 456 Å². The van der Waals surface area contributed by atoms with Crippen molar-refractivity contribution in [3.63, 3.8) is 0 Å². The number of carbonyl (C=O) groups is 8. The number of hydrogen-bond acceptors (Lipinski definition) is 15. The van der Waals surface area contributed by atoms with Crippen LogP contribution in [0.3, 0.4) is 0 Å². The van der Waals surface area contributed by atoms with E-state index in [4.69, 9.17) is 30.4 Å². The molecule has 4 rings (SSSR count). The second-order valence-corrected chi connectivity index (χ2v) is 20.8. The molecule has 24 heteroatoms. The maximum atomic E-state index is 13.7. The van der Waals surface area contributed by atoms with E-state index >= 15 is 0 Å². The number of rotatable bonds is 28. The zero-order chi connectivity index (χ0) is 57.5. The molecule has 12 atom stereocenters. The fourth-order valence-electron chi connectivity index (χ4n) is 9.08. The molecule has 1 aromatic carbocycles. The van der Waals surface area contributed by atoms with Gasteiger partial charge in [-0.3, -0.25) is 34.2 Å². The van der Waals surface area contributed by atoms with Crippen LogP contribution in [0.5, 0.6) is 0 Å². The Hall–Kier alpha value is -6.44. The van der Waals surface area contributed by atoms with Gasteiger partial charge in [-0.25, -0.2) is 15.0 Å². The number of ether oxygens (including phenoxy) is 4. The molecule has 0 aliphatic carbocycles. The summed E-state index contributed by atoms with van der Waals surface area (Å²) in [5.41, 5.74) is 16.3. The molecular weight excluding hydrogens is 1010 g/mol. The number of anilines is 1. The molecule has 14 N–H and O–H groups in total. The van der Waals surface area contributed by atoms with Crippen LogP contribution in [0, 0.1) is 11.8 Å². The summed E-state index contributed by atoms with van der Waals surface area (Å²) in [6.45, 7) is 13.0. The van der Waals surface area contributed by atoms with E-state index in [0.717, 1.165) is 12.0 Å².